The van der Waals surface area contributed by atoms with E-state index in [1.807, 2.05) is 12.1 Å². The Morgan fingerprint density at radius 1 is 0.953 bits per heavy atom. The van der Waals surface area contributed by atoms with Gasteiger partial charge in [0.15, 0.2) is 6.10 Å². The summed E-state index contributed by atoms with van der Waals surface area (Å²) in [6, 6.07) is 16.2. The lowest BCUT2D eigenvalue weighted by molar-refractivity contribution is -0.146. The molecule has 8 nitrogen and oxygen atoms in total. The highest BCUT2D eigenvalue weighted by Gasteiger charge is 2.34. The number of hydrogen-bond acceptors (Lipinski definition) is 4. The fourth-order valence-electron chi connectivity index (χ4n) is 5.00. The Balaban J connectivity index is 1.57. The van der Waals surface area contributed by atoms with Crippen LogP contribution in [0.4, 0.5) is 29.3 Å². The highest BCUT2D eigenvalue weighted by Crippen LogP contribution is 2.38. The lowest BCUT2D eigenvalue weighted by Gasteiger charge is -2.26. The van der Waals surface area contributed by atoms with E-state index in [0.717, 1.165) is 43.4 Å². The number of hydrogen-bond donors (Lipinski definition) is 4. The Hall–Kier alpha value is -4.09. The minimum absolute atomic E-state index is 0.00478. The standard InChI is InChI=1S/C31H31ClF3N3O5/c32-27-24(31(33,34)35)7-4-8-25(27)37-30(43)38(23-15-13-21(14-16-23)20-5-2-1-3-6-20)18-19-9-11-22(12-10-19)28(40)36-17-26(39)29(41)42/h4,7-16,20,26,39H,1-3,5-6,17-18H2,(H,36,40)(H,37,43)(H,41,42)/t26-/m1/s1. The van der Waals surface area contributed by atoms with Gasteiger partial charge in [-0.05, 0) is 66.3 Å². The minimum Gasteiger partial charge on any atom is -0.479 e. The summed E-state index contributed by atoms with van der Waals surface area (Å²) < 4.78 is 40.2. The third kappa shape index (κ3) is 8.26. The molecule has 12 heteroatoms. The van der Waals surface area contributed by atoms with E-state index in [1.165, 1.54) is 29.5 Å². The molecule has 0 heterocycles. The number of carboxylic acid groups (broad SMARTS) is 1. The number of aliphatic hydroxyl groups is 1. The van der Waals surface area contributed by atoms with Gasteiger partial charge in [-0.15, -0.1) is 0 Å². The monoisotopic (exact) mass is 617 g/mol. The predicted octanol–water partition coefficient (Wildman–Crippen LogP) is 6.82. The number of nitrogens with zero attached hydrogens (tertiary/aromatic N) is 1. The molecular formula is C31H31ClF3N3O5. The van der Waals surface area contributed by atoms with Crippen LogP contribution in [0.3, 0.4) is 0 Å². The Kier molecular flexibility index (Phi) is 10.3. The number of amides is 3. The van der Waals surface area contributed by atoms with Crippen LogP contribution in [0.1, 0.15) is 65.1 Å². The third-order valence-electron chi connectivity index (χ3n) is 7.37. The average Bonchev–Trinajstić information content (AvgIpc) is 2.99. The summed E-state index contributed by atoms with van der Waals surface area (Å²) in [5.74, 6) is -1.63. The summed E-state index contributed by atoms with van der Waals surface area (Å²) in [4.78, 5) is 38.0. The summed E-state index contributed by atoms with van der Waals surface area (Å²) >= 11 is 6.03. The molecule has 1 aliphatic carbocycles. The van der Waals surface area contributed by atoms with E-state index >= 15 is 0 Å². The predicted molar refractivity (Wildman–Crippen MR) is 156 cm³/mol. The Bertz CT molecular complexity index is 1440. The van der Waals surface area contributed by atoms with Crippen LogP contribution in [0, 0.1) is 0 Å². The number of rotatable bonds is 9. The van der Waals surface area contributed by atoms with E-state index in [9.17, 15) is 32.7 Å². The maximum atomic E-state index is 13.5. The zero-order chi connectivity index (χ0) is 31.1. The number of halogens is 4. The normalized spacial score (nSPS) is 14.5. The van der Waals surface area contributed by atoms with E-state index in [0.29, 0.717) is 17.2 Å². The molecule has 1 atom stereocenters. The molecule has 1 aliphatic rings. The Labute approximate surface area is 251 Å². The number of anilines is 2. The van der Waals surface area contributed by atoms with Crippen molar-refractivity contribution in [1.29, 1.82) is 0 Å². The highest BCUT2D eigenvalue weighted by atomic mass is 35.5. The summed E-state index contributed by atoms with van der Waals surface area (Å²) in [6.45, 7) is -0.469. The SMILES string of the molecule is O=C(NC[C@@H](O)C(=O)O)c1ccc(CN(C(=O)Nc2cccc(C(F)(F)F)c2Cl)c2ccc(C3CCCCC3)cc2)cc1. The van der Waals surface area contributed by atoms with Crippen LogP contribution in [-0.4, -0.2) is 40.8 Å². The van der Waals surface area contributed by atoms with E-state index in [2.05, 4.69) is 10.6 Å². The molecule has 0 radical (unpaired) electrons. The van der Waals surface area contributed by atoms with Crippen LogP contribution in [0.15, 0.2) is 66.7 Å². The van der Waals surface area contributed by atoms with Crippen LogP contribution in [0.2, 0.25) is 5.02 Å². The summed E-state index contributed by atoms with van der Waals surface area (Å²) in [6.07, 6.45) is -0.734. The van der Waals surface area contributed by atoms with Crippen molar-refractivity contribution in [2.24, 2.45) is 0 Å². The molecular weight excluding hydrogens is 587 g/mol. The Morgan fingerprint density at radius 2 is 1.60 bits per heavy atom. The maximum absolute atomic E-state index is 13.5. The fraction of sp³-hybridized carbons (Fsp3) is 0.323. The van der Waals surface area contributed by atoms with Crippen molar-refractivity contribution in [3.8, 4) is 0 Å². The quantitative estimate of drug-likeness (QED) is 0.210. The van der Waals surface area contributed by atoms with E-state index in [-0.39, 0.29) is 17.8 Å². The average molecular weight is 618 g/mol. The molecule has 0 aromatic heterocycles. The molecule has 4 N–H and O–H groups in total. The van der Waals surface area contributed by atoms with Gasteiger partial charge in [-0.25, -0.2) is 9.59 Å². The molecule has 3 aromatic rings. The van der Waals surface area contributed by atoms with Crippen molar-refractivity contribution >= 4 is 40.9 Å². The van der Waals surface area contributed by atoms with Crippen molar-refractivity contribution in [1.82, 2.24) is 5.32 Å². The number of alkyl halides is 3. The molecule has 0 spiro atoms. The van der Waals surface area contributed by atoms with Crippen LogP contribution in [-0.2, 0) is 17.5 Å². The van der Waals surface area contributed by atoms with Crippen LogP contribution in [0.25, 0.3) is 0 Å². The molecule has 228 valence electrons. The first-order valence-electron chi connectivity index (χ1n) is 13.8. The van der Waals surface area contributed by atoms with Crippen molar-refractivity contribution in [2.75, 3.05) is 16.8 Å². The second kappa shape index (κ2) is 13.9. The second-order valence-electron chi connectivity index (χ2n) is 10.4. The molecule has 0 aliphatic heterocycles. The van der Waals surface area contributed by atoms with Gasteiger partial charge in [-0.3, -0.25) is 9.69 Å². The number of carbonyl (C=O) groups is 3. The molecule has 0 saturated heterocycles. The van der Waals surface area contributed by atoms with Crippen molar-refractivity contribution < 1.29 is 37.8 Å². The first-order chi connectivity index (χ1) is 20.4. The topological polar surface area (TPSA) is 119 Å². The van der Waals surface area contributed by atoms with Gasteiger partial charge in [0, 0.05) is 11.3 Å². The third-order valence-corrected chi connectivity index (χ3v) is 7.78. The van der Waals surface area contributed by atoms with Gasteiger partial charge < -0.3 is 20.8 Å². The molecule has 3 amide bonds. The lowest BCUT2D eigenvalue weighted by Crippen LogP contribution is -2.36. The number of carboxylic acids is 1. The van der Waals surface area contributed by atoms with Gasteiger partial charge in [0.2, 0.25) is 0 Å². The number of aliphatic hydroxyl groups excluding tert-OH is 1. The highest BCUT2D eigenvalue weighted by molar-refractivity contribution is 6.34. The molecule has 43 heavy (non-hydrogen) atoms. The van der Waals surface area contributed by atoms with E-state index < -0.39 is 47.3 Å². The van der Waals surface area contributed by atoms with Crippen LogP contribution >= 0.6 is 11.6 Å². The van der Waals surface area contributed by atoms with Crippen LogP contribution < -0.4 is 15.5 Å². The minimum atomic E-state index is -4.70. The maximum Gasteiger partial charge on any atom is 0.417 e. The summed E-state index contributed by atoms with van der Waals surface area (Å²) in [5, 5.41) is 22.3. The zero-order valence-corrected chi connectivity index (χ0v) is 23.8. The summed E-state index contributed by atoms with van der Waals surface area (Å²) in [7, 11) is 0. The van der Waals surface area contributed by atoms with Gasteiger partial charge in [0.05, 0.1) is 29.4 Å². The number of aliphatic carboxylic acids is 1. The van der Waals surface area contributed by atoms with Gasteiger partial charge in [-0.1, -0.05) is 61.2 Å². The first kappa shape index (κ1) is 31.8. The molecule has 0 unspecified atom stereocenters. The van der Waals surface area contributed by atoms with Crippen molar-refractivity contribution in [3.05, 3.63) is 94.0 Å². The van der Waals surface area contributed by atoms with Gasteiger partial charge >= 0.3 is 18.2 Å². The Morgan fingerprint density at radius 3 is 2.21 bits per heavy atom. The first-order valence-corrected chi connectivity index (χ1v) is 14.1. The molecule has 1 fully saturated rings. The smallest absolute Gasteiger partial charge is 0.417 e. The molecule has 0 bridgehead atoms. The van der Waals surface area contributed by atoms with Crippen LogP contribution in [0.5, 0.6) is 0 Å². The molecule has 3 aromatic carbocycles. The number of urea groups is 1. The number of nitrogens with one attached hydrogen (secondary N) is 2. The molecule has 1 saturated carbocycles. The number of benzene rings is 3. The zero-order valence-electron chi connectivity index (χ0n) is 23.0. The van der Waals surface area contributed by atoms with Crippen molar-refractivity contribution in [3.63, 3.8) is 0 Å². The van der Waals surface area contributed by atoms with Gasteiger partial charge in [-0.2, -0.15) is 13.2 Å². The lowest BCUT2D eigenvalue weighted by atomic mass is 9.84. The summed E-state index contributed by atoms with van der Waals surface area (Å²) in [5.41, 5.74) is 1.20. The fourth-order valence-corrected chi connectivity index (χ4v) is 5.28. The molecule has 4 rings (SSSR count). The van der Waals surface area contributed by atoms with Gasteiger partial charge in [0.25, 0.3) is 5.91 Å². The van der Waals surface area contributed by atoms with E-state index in [1.54, 1.807) is 24.3 Å². The number of carbonyl (C=O) groups excluding carboxylic acids is 2. The van der Waals surface area contributed by atoms with Gasteiger partial charge in [0.1, 0.15) is 0 Å². The second-order valence-corrected chi connectivity index (χ2v) is 10.7. The van der Waals surface area contributed by atoms with Crippen molar-refractivity contribution in [2.45, 2.75) is 56.8 Å². The largest absolute Gasteiger partial charge is 0.479 e. The van der Waals surface area contributed by atoms with E-state index in [4.69, 9.17) is 16.7 Å².